The third-order valence-corrected chi connectivity index (χ3v) is 6.32. The van der Waals surface area contributed by atoms with Crippen molar-refractivity contribution in [1.82, 2.24) is 19.7 Å². The fourth-order valence-corrected chi connectivity index (χ4v) is 4.38. The van der Waals surface area contributed by atoms with Crippen molar-refractivity contribution in [2.75, 3.05) is 23.9 Å². The van der Waals surface area contributed by atoms with Crippen molar-refractivity contribution in [2.24, 2.45) is 0 Å². The number of nitrogens with zero attached hydrogens (tertiary/aromatic N) is 3. The lowest BCUT2D eigenvalue weighted by Gasteiger charge is -2.10. The maximum Gasteiger partial charge on any atom is 0.329 e. The molecule has 164 valence electrons. The van der Waals surface area contributed by atoms with Crippen molar-refractivity contribution >= 4 is 39.8 Å². The maximum atomic E-state index is 12.6. The number of benzene rings is 1. The second kappa shape index (κ2) is 10.3. The number of carbonyl (C=O) groups is 1. The molecule has 0 saturated carbocycles. The van der Waals surface area contributed by atoms with Crippen LogP contribution in [0.3, 0.4) is 0 Å². The van der Waals surface area contributed by atoms with Gasteiger partial charge in [-0.05, 0) is 24.1 Å². The molecule has 0 saturated heterocycles. The monoisotopic (exact) mass is 462 g/mol. The van der Waals surface area contributed by atoms with Gasteiger partial charge < -0.3 is 15.8 Å². The Morgan fingerprint density at radius 2 is 2.03 bits per heavy atom. The number of aromatic amines is 1. The van der Waals surface area contributed by atoms with Gasteiger partial charge in [0.1, 0.15) is 17.1 Å². The predicted molar refractivity (Wildman–Crippen MR) is 121 cm³/mol. The third-order valence-electron chi connectivity index (χ3n) is 4.30. The van der Waals surface area contributed by atoms with Gasteiger partial charge >= 0.3 is 5.69 Å². The summed E-state index contributed by atoms with van der Waals surface area (Å²) in [5.74, 6) is 0.148. The van der Waals surface area contributed by atoms with E-state index in [-0.39, 0.29) is 17.1 Å². The first-order valence-corrected chi connectivity index (χ1v) is 11.2. The molecule has 2 heterocycles. The molecule has 1 aromatic carbocycles. The van der Waals surface area contributed by atoms with Crippen LogP contribution in [0.15, 0.2) is 38.2 Å². The van der Waals surface area contributed by atoms with Crippen LogP contribution in [0.1, 0.15) is 29.3 Å². The number of H-pyrrole nitrogens is 1. The molecule has 2 aromatic heterocycles. The van der Waals surface area contributed by atoms with Gasteiger partial charge in [-0.3, -0.25) is 19.1 Å². The average Bonchev–Trinajstić information content (AvgIpc) is 3.22. The van der Waals surface area contributed by atoms with E-state index in [1.807, 2.05) is 31.2 Å². The number of carbonyl (C=O) groups excluding carboxylic acids is 1. The summed E-state index contributed by atoms with van der Waals surface area (Å²) in [6.07, 6.45) is 0.635. The molecule has 0 aliphatic rings. The van der Waals surface area contributed by atoms with E-state index >= 15 is 0 Å². The molecule has 0 unspecified atom stereocenters. The molecular weight excluding hydrogens is 440 g/mol. The number of nitrogen functional groups attached to an aromatic ring is 1. The summed E-state index contributed by atoms with van der Waals surface area (Å²) in [4.78, 5) is 38.7. The topological polar surface area (TPSA) is 145 Å². The van der Waals surface area contributed by atoms with Gasteiger partial charge in [-0.25, -0.2) is 4.79 Å². The fourth-order valence-electron chi connectivity index (χ4n) is 2.76. The van der Waals surface area contributed by atoms with Crippen LogP contribution in [0.25, 0.3) is 0 Å². The van der Waals surface area contributed by atoms with E-state index in [9.17, 15) is 14.4 Å². The van der Waals surface area contributed by atoms with Crippen molar-refractivity contribution in [2.45, 2.75) is 30.8 Å². The molecule has 4 N–H and O–H groups in total. The van der Waals surface area contributed by atoms with Crippen molar-refractivity contribution < 1.29 is 9.53 Å². The zero-order valence-electron chi connectivity index (χ0n) is 17.0. The summed E-state index contributed by atoms with van der Waals surface area (Å²) in [6.45, 7) is 2.74. The number of methoxy groups -OCH3 is 1. The van der Waals surface area contributed by atoms with Gasteiger partial charge in [0.15, 0.2) is 10.1 Å². The van der Waals surface area contributed by atoms with Crippen molar-refractivity contribution in [3.63, 3.8) is 0 Å². The minimum atomic E-state index is -0.778. The van der Waals surface area contributed by atoms with Crippen LogP contribution in [0.5, 0.6) is 5.75 Å². The molecule has 0 spiro atoms. The number of Topliss-reactive ketones (excluding diaryl/α,β-unsaturated/α-hetero) is 1. The SMILES string of the molecule is CCCn1c(N)c(C(=O)CSc2nnc(NCc3ccc(OC)cc3)s2)c(=O)[nH]c1=O. The summed E-state index contributed by atoms with van der Waals surface area (Å²) in [6, 6.07) is 7.64. The van der Waals surface area contributed by atoms with Crippen LogP contribution in [-0.4, -0.2) is 38.4 Å². The highest BCUT2D eigenvalue weighted by Crippen LogP contribution is 2.26. The number of aromatic nitrogens is 4. The number of ether oxygens (including phenoxy) is 1. The van der Waals surface area contributed by atoms with E-state index < -0.39 is 17.0 Å². The molecular formula is C19H22N6O4S2. The summed E-state index contributed by atoms with van der Waals surface area (Å²) < 4.78 is 6.91. The van der Waals surface area contributed by atoms with Crippen LogP contribution >= 0.6 is 23.1 Å². The third kappa shape index (κ3) is 5.52. The van der Waals surface area contributed by atoms with Crippen molar-refractivity contribution in [3.05, 3.63) is 56.2 Å². The van der Waals surface area contributed by atoms with E-state index in [0.29, 0.717) is 29.0 Å². The Bertz CT molecular complexity index is 1170. The Kier molecular flexibility index (Phi) is 7.47. The van der Waals surface area contributed by atoms with Gasteiger partial charge in [0.05, 0.1) is 12.9 Å². The number of anilines is 2. The second-order valence-corrected chi connectivity index (χ2v) is 8.66. The Hall–Kier alpha value is -3.12. The highest BCUT2D eigenvalue weighted by Gasteiger charge is 2.20. The number of thioether (sulfide) groups is 1. The quantitative estimate of drug-likeness (QED) is 0.304. The first-order chi connectivity index (χ1) is 14.9. The summed E-state index contributed by atoms with van der Waals surface area (Å²) >= 11 is 2.45. The number of ketones is 1. The molecule has 3 rings (SSSR count). The highest BCUT2D eigenvalue weighted by molar-refractivity contribution is 8.01. The van der Waals surface area contributed by atoms with E-state index in [0.717, 1.165) is 23.1 Å². The molecule has 0 atom stereocenters. The molecule has 0 fully saturated rings. The first kappa shape index (κ1) is 22.6. The lowest BCUT2D eigenvalue weighted by molar-refractivity contribution is 0.102. The molecule has 0 aliphatic carbocycles. The number of nitrogens with two attached hydrogens (primary N) is 1. The minimum Gasteiger partial charge on any atom is -0.497 e. The maximum absolute atomic E-state index is 12.6. The Labute approximate surface area is 185 Å². The van der Waals surface area contributed by atoms with Gasteiger partial charge in [-0.1, -0.05) is 42.2 Å². The van der Waals surface area contributed by atoms with E-state index in [4.69, 9.17) is 10.5 Å². The van der Waals surface area contributed by atoms with Gasteiger partial charge in [-0.15, -0.1) is 10.2 Å². The van der Waals surface area contributed by atoms with Gasteiger partial charge in [0.2, 0.25) is 5.13 Å². The van der Waals surface area contributed by atoms with Crippen LogP contribution < -0.4 is 27.0 Å². The molecule has 0 amide bonds. The molecule has 0 bridgehead atoms. The van der Waals surface area contributed by atoms with Crippen LogP contribution in [0.4, 0.5) is 10.9 Å². The van der Waals surface area contributed by atoms with Crippen LogP contribution in [-0.2, 0) is 13.1 Å². The standard InChI is InChI=1S/C19H22N6O4S2/c1-3-8-25-15(20)14(16(27)22-18(25)28)13(26)10-30-19-24-23-17(31-19)21-9-11-4-6-12(29-2)7-5-11/h4-7H,3,8-10,20H2,1-2H3,(H,21,23)(H,22,27,28). The molecule has 10 nitrogen and oxygen atoms in total. The Balaban J connectivity index is 1.61. The molecule has 31 heavy (non-hydrogen) atoms. The van der Waals surface area contributed by atoms with Gasteiger partial charge in [0.25, 0.3) is 5.56 Å². The fraction of sp³-hybridized carbons (Fsp3) is 0.316. The first-order valence-electron chi connectivity index (χ1n) is 9.41. The van der Waals surface area contributed by atoms with Gasteiger partial charge in [0, 0.05) is 13.1 Å². The molecule has 12 heteroatoms. The normalized spacial score (nSPS) is 10.8. The zero-order chi connectivity index (χ0) is 22.4. The van der Waals surface area contributed by atoms with E-state index in [2.05, 4.69) is 20.5 Å². The van der Waals surface area contributed by atoms with E-state index in [1.165, 1.54) is 15.9 Å². The molecule has 3 aromatic rings. The lowest BCUT2D eigenvalue weighted by atomic mass is 10.2. The zero-order valence-corrected chi connectivity index (χ0v) is 18.6. The lowest BCUT2D eigenvalue weighted by Crippen LogP contribution is -2.36. The van der Waals surface area contributed by atoms with Crippen LogP contribution in [0.2, 0.25) is 0 Å². The summed E-state index contributed by atoms with van der Waals surface area (Å²) in [5, 5.41) is 11.9. The van der Waals surface area contributed by atoms with Crippen LogP contribution in [0, 0.1) is 0 Å². The Morgan fingerprint density at radius 3 is 2.71 bits per heavy atom. The minimum absolute atomic E-state index is 0.0509. The number of nitrogens with one attached hydrogen (secondary N) is 2. The van der Waals surface area contributed by atoms with E-state index in [1.54, 1.807) is 7.11 Å². The number of hydrogen-bond donors (Lipinski definition) is 3. The summed E-state index contributed by atoms with van der Waals surface area (Å²) in [7, 11) is 1.62. The largest absolute Gasteiger partial charge is 0.497 e. The highest BCUT2D eigenvalue weighted by atomic mass is 32.2. The number of rotatable bonds is 10. The van der Waals surface area contributed by atoms with Crippen molar-refractivity contribution in [3.8, 4) is 5.75 Å². The molecule has 0 aliphatic heterocycles. The Morgan fingerprint density at radius 1 is 1.29 bits per heavy atom. The van der Waals surface area contributed by atoms with Crippen molar-refractivity contribution in [1.29, 1.82) is 0 Å². The predicted octanol–water partition coefficient (Wildman–Crippen LogP) is 1.98. The van der Waals surface area contributed by atoms with Gasteiger partial charge in [-0.2, -0.15) is 0 Å². The average molecular weight is 463 g/mol. The number of hydrogen-bond acceptors (Lipinski definition) is 10. The molecule has 0 radical (unpaired) electrons. The smallest absolute Gasteiger partial charge is 0.329 e. The second-order valence-electron chi connectivity index (χ2n) is 6.46. The summed E-state index contributed by atoms with van der Waals surface area (Å²) in [5.41, 5.74) is 5.38.